The summed E-state index contributed by atoms with van der Waals surface area (Å²) in [6.07, 6.45) is 0. The lowest BCUT2D eigenvalue weighted by molar-refractivity contribution is -0.139. The molecule has 1 unspecified atom stereocenters. The van der Waals surface area contributed by atoms with Crippen LogP contribution in [0.4, 0.5) is 5.69 Å². The first-order valence-electron chi connectivity index (χ1n) is 11.3. The van der Waals surface area contributed by atoms with Gasteiger partial charge in [-0.1, -0.05) is 59.6 Å². The number of benzene rings is 3. The molecule has 0 aliphatic heterocycles. The molecule has 3 aromatic rings. The van der Waals surface area contributed by atoms with Crippen LogP contribution in [0.1, 0.15) is 19.4 Å². The maximum atomic E-state index is 13.7. The fraction of sp³-hybridized carbons (Fsp3) is 0.231. The lowest BCUT2D eigenvalue weighted by Gasteiger charge is -2.32. The molecule has 7 nitrogen and oxygen atoms in total. The van der Waals surface area contributed by atoms with E-state index >= 15 is 0 Å². The van der Waals surface area contributed by atoms with Gasteiger partial charge in [0, 0.05) is 23.1 Å². The summed E-state index contributed by atoms with van der Waals surface area (Å²) in [6.45, 7) is 3.25. The normalized spacial score (nSPS) is 12.0. The van der Waals surface area contributed by atoms with Crippen LogP contribution in [0.25, 0.3) is 0 Å². The molecule has 1 N–H and O–H groups in total. The van der Waals surface area contributed by atoms with Crippen molar-refractivity contribution in [2.45, 2.75) is 31.3 Å². The summed E-state index contributed by atoms with van der Waals surface area (Å²) >= 11 is 12.3. The third kappa shape index (κ3) is 6.57. The molecule has 190 valence electrons. The molecule has 1 atom stereocenters. The Morgan fingerprint density at radius 2 is 1.53 bits per heavy atom. The lowest BCUT2D eigenvalue weighted by Crippen LogP contribution is -2.51. The summed E-state index contributed by atoms with van der Waals surface area (Å²) < 4.78 is 28.3. The Hall–Kier alpha value is -3.07. The molecule has 0 radical (unpaired) electrons. The minimum atomic E-state index is -4.12. The van der Waals surface area contributed by atoms with Gasteiger partial charge in [-0.05, 0) is 61.9 Å². The van der Waals surface area contributed by atoms with E-state index in [1.807, 2.05) is 0 Å². The van der Waals surface area contributed by atoms with Crippen LogP contribution in [0.2, 0.25) is 10.0 Å². The van der Waals surface area contributed by atoms with Crippen molar-refractivity contribution in [2.75, 3.05) is 17.4 Å². The van der Waals surface area contributed by atoms with Crippen LogP contribution in [0.3, 0.4) is 0 Å². The van der Waals surface area contributed by atoms with Gasteiger partial charge >= 0.3 is 0 Å². The third-order valence-electron chi connectivity index (χ3n) is 5.54. The lowest BCUT2D eigenvalue weighted by atomic mass is 10.1. The van der Waals surface area contributed by atoms with Crippen molar-refractivity contribution in [3.8, 4) is 0 Å². The predicted molar refractivity (Wildman–Crippen MR) is 143 cm³/mol. The number of hydrogen-bond acceptors (Lipinski definition) is 4. The summed E-state index contributed by atoms with van der Waals surface area (Å²) in [4.78, 5) is 27.8. The van der Waals surface area contributed by atoms with Crippen LogP contribution in [-0.4, -0.2) is 44.3 Å². The van der Waals surface area contributed by atoms with Crippen molar-refractivity contribution in [2.24, 2.45) is 0 Å². The molecule has 0 saturated heterocycles. The van der Waals surface area contributed by atoms with Gasteiger partial charge in [-0.15, -0.1) is 0 Å². The monoisotopic (exact) mass is 547 g/mol. The molecule has 0 heterocycles. The Balaban J connectivity index is 2.02. The summed E-state index contributed by atoms with van der Waals surface area (Å²) in [7, 11) is -4.12. The van der Waals surface area contributed by atoms with Gasteiger partial charge in [0.2, 0.25) is 11.8 Å². The number of halogens is 2. The van der Waals surface area contributed by atoms with Crippen molar-refractivity contribution < 1.29 is 18.0 Å². The van der Waals surface area contributed by atoms with Crippen LogP contribution in [0.5, 0.6) is 0 Å². The van der Waals surface area contributed by atoms with Crippen molar-refractivity contribution in [1.29, 1.82) is 0 Å². The van der Waals surface area contributed by atoms with E-state index in [-0.39, 0.29) is 23.0 Å². The second kappa shape index (κ2) is 12.3. The van der Waals surface area contributed by atoms with Crippen molar-refractivity contribution in [3.05, 3.63) is 94.5 Å². The smallest absolute Gasteiger partial charge is 0.264 e. The molecule has 0 aliphatic carbocycles. The first-order chi connectivity index (χ1) is 17.1. The van der Waals surface area contributed by atoms with Crippen LogP contribution in [-0.2, 0) is 26.2 Å². The number of anilines is 1. The van der Waals surface area contributed by atoms with Crippen molar-refractivity contribution in [3.63, 3.8) is 0 Å². The van der Waals surface area contributed by atoms with Crippen LogP contribution >= 0.6 is 23.2 Å². The van der Waals surface area contributed by atoms with E-state index in [0.29, 0.717) is 22.2 Å². The van der Waals surface area contributed by atoms with E-state index in [1.54, 1.807) is 68.4 Å². The molecule has 3 rings (SSSR count). The number of nitrogens with one attached hydrogen (secondary N) is 1. The molecule has 0 spiro atoms. The molecule has 3 aromatic carbocycles. The number of carbonyl (C=O) groups is 2. The van der Waals surface area contributed by atoms with Crippen molar-refractivity contribution >= 4 is 50.7 Å². The van der Waals surface area contributed by atoms with Gasteiger partial charge in [0.1, 0.15) is 12.6 Å². The molecule has 0 aliphatic rings. The summed E-state index contributed by atoms with van der Waals surface area (Å²) in [5, 5.41) is 3.57. The number of rotatable bonds is 10. The van der Waals surface area contributed by atoms with Crippen LogP contribution < -0.4 is 9.62 Å². The molecular formula is C26H27Cl2N3O4S. The first-order valence-corrected chi connectivity index (χ1v) is 13.5. The van der Waals surface area contributed by atoms with Crippen LogP contribution in [0.15, 0.2) is 83.8 Å². The van der Waals surface area contributed by atoms with Crippen molar-refractivity contribution in [1.82, 2.24) is 10.2 Å². The molecule has 2 amide bonds. The maximum absolute atomic E-state index is 13.7. The van der Waals surface area contributed by atoms with Gasteiger partial charge in [0.05, 0.1) is 10.6 Å². The van der Waals surface area contributed by atoms with Gasteiger partial charge in [-0.25, -0.2) is 8.42 Å². The fourth-order valence-corrected chi connectivity index (χ4v) is 5.33. The fourth-order valence-electron chi connectivity index (χ4n) is 3.57. The van der Waals surface area contributed by atoms with E-state index in [2.05, 4.69) is 5.32 Å². The second-order valence-electron chi connectivity index (χ2n) is 7.98. The molecule has 10 heteroatoms. The number of nitrogens with zero attached hydrogens (tertiary/aromatic N) is 2. The highest BCUT2D eigenvalue weighted by atomic mass is 35.5. The Labute approximate surface area is 221 Å². The minimum Gasteiger partial charge on any atom is -0.355 e. The van der Waals surface area contributed by atoms with Gasteiger partial charge in [-0.3, -0.25) is 13.9 Å². The topological polar surface area (TPSA) is 86.8 Å². The van der Waals surface area contributed by atoms with E-state index in [1.165, 1.54) is 29.2 Å². The van der Waals surface area contributed by atoms with E-state index in [9.17, 15) is 18.0 Å². The second-order valence-corrected chi connectivity index (χ2v) is 10.7. The number of carbonyl (C=O) groups excluding carboxylic acids is 2. The zero-order valence-corrected chi connectivity index (χ0v) is 22.2. The number of likely N-dealkylation sites (N-methyl/N-ethyl adjacent to an activating group) is 1. The van der Waals surface area contributed by atoms with E-state index in [4.69, 9.17) is 23.2 Å². The molecule has 0 bridgehead atoms. The predicted octanol–water partition coefficient (Wildman–Crippen LogP) is 4.74. The number of amides is 2. The average Bonchev–Trinajstić information content (AvgIpc) is 2.87. The highest BCUT2D eigenvalue weighted by molar-refractivity contribution is 7.92. The van der Waals surface area contributed by atoms with Gasteiger partial charge in [-0.2, -0.15) is 0 Å². The summed E-state index contributed by atoms with van der Waals surface area (Å²) in [6, 6.07) is 20.1. The molecular weight excluding hydrogens is 521 g/mol. The Kier molecular flexibility index (Phi) is 9.37. The third-order valence-corrected chi connectivity index (χ3v) is 7.95. The minimum absolute atomic E-state index is 0.0245. The van der Waals surface area contributed by atoms with E-state index < -0.39 is 28.5 Å². The largest absolute Gasteiger partial charge is 0.355 e. The Morgan fingerprint density at radius 3 is 2.14 bits per heavy atom. The zero-order valence-electron chi connectivity index (χ0n) is 19.9. The number of hydrogen-bond donors (Lipinski definition) is 1. The Morgan fingerprint density at radius 1 is 0.917 bits per heavy atom. The molecule has 0 fully saturated rings. The number of sulfonamides is 1. The van der Waals surface area contributed by atoms with Gasteiger partial charge < -0.3 is 10.2 Å². The molecule has 0 aromatic heterocycles. The highest BCUT2D eigenvalue weighted by Crippen LogP contribution is 2.26. The average molecular weight is 548 g/mol. The van der Waals surface area contributed by atoms with Gasteiger partial charge in [0.25, 0.3) is 10.0 Å². The van der Waals surface area contributed by atoms with Crippen LogP contribution in [0, 0.1) is 0 Å². The standard InChI is InChI=1S/C26H27Cl2N3O4S/c1-3-29-26(33)19(2)30(17-20-9-7-8-12-24(20)28)25(32)18-31(22-15-13-21(27)14-16-22)36(34,35)23-10-5-4-6-11-23/h4-16,19H,3,17-18H2,1-2H3,(H,29,33). The zero-order chi connectivity index (χ0) is 26.3. The van der Waals surface area contributed by atoms with Gasteiger partial charge in [0.15, 0.2) is 0 Å². The highest BCUT2D eigenvalue weighted by Gasteiger charge is 2.32. The summed E-state index contributed by atoms with van der Waals surface area (Å²) in [5.74, 6) is -0.926. The SMILES string of the molecule is CCNC(=O)C(C)N(Cc1ccccc1Cl)C(=O)CN(c1ccc(Cl)cc1)S(=O)(=O)c1ccccc1. The quantitative estimate of drug-likeness (QED) is 0.397. The maximum Gasteiger partial charge on any atom is 0.264 e. The van der Waals surface area contributed by atoms with E-state index in [0.717, 1.165) is 4.31 Å². The first kappa shape index (κ1) is 27.5. The molecule has 0 saturated carbocycles. The summed E-state index contributed by atoms with van der Waals surface area (Å²) in [5.41, 5.74) is 0.896. The Bertz CT molecular complexity index is 1300. The molecule has 36 heavy (non-hydrogen) atoms.